The van der Waals surface area contributed by atoms with E-state index in [4.69, 9.17) is 11.6 Å². The van der Waals surface area contributed by atoms with Crippen molar-refractivity contribution in [2.45, 2.75) is 0 Å². The first-order valence-electron chi connectivity index (χ1n) is 3.48. The summed E-state index contributed by atoms with van der Waals surface area (Å²) >= 11 is 5.39. The molecular weight excluding hydrogens is 176 g/mol. The highest BCUT2D eigenvalue weighted by Gasteiger charge is 2.07. The lowest BCUT2D eigenvalue weighted by Gasteiger charge is -2.14. The van der Waals surface area contributed by atoms with Crippen molar-refractivity contribution in [1.29, 1.82) is 0 Å². The summed E-state index contributed by atoms with van der Waals surface area (Å²) in [5.74, 6) is -0.143. The van der Waals surface area contributed by atoms with Crippen molar-refractivity contribution in [3.05, 3.63) is 24.5 Å². The van der Waals surface area contributed by atoms with Crippen molar-refractivity contribution in [1.82, 2.24) is 4.98 Å². The van der Waals surface area contributed by atoms with Crippen LogP contribution in [-0.2, 0) is 4.79 Å². The van der Waals surface area contributed by atoms with Crippen molar-refractivity contribution >= 4 is 23.2 Å². The van der Waals surface area contributed by atoms with Gasteiger partial charge in [-0.15, -0.1) is 11.6 Å². The van der Waals surface area contributed by atoms with Gasteiger partial charge in [-0.1, -0.05) is 0 Å². The van der Waals surface area contributed by atoms with Gasteiger partial charge >= 0.3 is 0 Å². The molecule has 0 fully saturated rings. The minimum atomic E-state index is -0.135. The smallest absolute Gasteiger partial charge is 0.241 e. The van der Waals surface area contributed by atoms with E-state index in [1.54, 1.807) is 31.6 Å². The van der Waals surface area contributed by atoms with Crippen LogP contribution < -0.4 is 4.90 Å². The number of rotatable bonds is 2. The zero-order valence-corrected chi connectivity index (χ0v) is 7.45. The maximum absolute atomic E-state index is 11.1. The van der Waals surface area contributed by atoms with E-state index in [9.17, 15) is 4.79 Å². The molecule has 0 bridgehead atoms. The van der Waals surface area contributed by atoms with E-state index in [0.29, 0.717) is 0 Å². The average molecular weight is 185 g/mol. The van der Waals surface area contributed by atoms with Crippen LogP contribution in [0.5, 0.6) is 0 Å². The van der Waals surface area contributed by atoms with Crippen molar-refractivity contribution in [3.63, 3.8) is 0 Å². The molecule has 0 aliphatic carbocycles. The Balaban J connectivity index is 2.78. The lowest BCUT2D eigenvalue weighted by Crippen LogP contribution is -2.27. The molecule has 0 saturated carbocycles. The number of alkyl halides is 1. The molecular formula is C8H9ClN2O. The molecule has 0 N–H and O–H groups in total. The highest BCUT2D eigenvalue weighted by molar-refractivity contribution is 6.29. The SMILES string of the molecule is CN(C(=O)CCl)c1cccnc1. The predicted octanol–water partition coefficient (Wildman–Crippen LogP) is 1.28. The molecule has 0 unspecified atom stereocenters. The normalized spacial score (nSPS) is 9.50. The van der Waals surface area contributed by atoms with Crippen LogP contribution in [0.4, 0.5) is 5.69 Å². The summed E-state index contributed by atoms with van der Waals surface area (Å²) in [7, 11) is 1.67. The first kappa shape index (κ1) is 9.00. The van der Waals surface area contributed by atoms with Crippen LogP contribution in [0.1, 0.15) is 0 Å². The summed E-state index contributed by atoms with van der Waals surface area (Å²) < 4.78 is 0. The minimum absolute atomic E-state index is 0.00854. The number of anilines is 1. The van der Waals surface area contributed by atoms with E-state index in [1.165, 1.54) is 4.90 Å². The number of nitrogens with zero attached hydrogens (tertiary/aromatic N) is 2. The molecule has 1 aromatic heterocycles. The standard InChI is InChI=1S/C8H9ClN2O/c1-11(8(12)5-9)7-3-2-4-10-6-7/h2-4,6H,5H2,1H3. The van der Waals surface area contributed by atoms with E-state index in [1.807, 2.05) is 0 Å². The third-order valence-electron chi connectivity index (χ3n) is 1.52. The number of hydrogen-bond donors (Lipinski definition) is 0. The van der Waals surface area contributed by atoms with Gasteiger partial charge in [0.2, 0.25) is 5.91 Å². The molecule has 1 aromatic rings. The lowest BCUT2D eigenvalue weighted by molar-refractivity contribution is -0.116. The third kappa shape index (κ3) is 1.95. The van der Waals surface area contributed by atoms with Crippen LogP contribution in [-0.4, -0.2) is 23.8 Å². The molecule has 12 heavy (non-hydrogen) atoms. The highest BCUT2D eigenvalue weighted by atomic mass is 35.5. The molecule has 1 heterocycles. The zero-order valence-electron chi connectivity index (χ0n) is 6.70. The van der Waals surface area contributed by atoms with Crippen LogP contribution in [0.25, 0.3) is 0 Å². The topological polar surface area (TPSA) is 33.2 Å². The van der Waals surface area contributed by atoms with Gasteiger partial charge in [-0.25, -0.2) is 0 Å². The summed E-state index contributed by atoms with van der Waals surface area (Å²) in [4.78, 5) is 16.4. The fourth-order valence-corrected chi connectivity index (χ4v) is 0.965. The summed E-state index contributed by atoms with van der Waals surface area (Å²) in [6, 6.07) is 3.57. The average Bonchev–Trinajstić information content (AvgIpc) is 2.17. The van der Waals surface area contributed by atoms with E-state index in [2.05, 4.69) is 4.98 Å². The van der Waals surface area contributed by atoms with Crippen molar-refractivity contribution in [2.75, 3.05) is 17.8 Å². The number of aromatic nitrogens is 1. The van der Waals surface area contributed by atoms with Gasteiger partial charge in [0, 0.05) is 13.2 Å². The van der Waals surface area contributed by atoms with Crippen LogP contribution in [0.2, 0.25) is 0 Å². The second-order valence-electron chi connectivity index (χ2n) is 2.30. The second-order valence-corrected chi connectivity index (χ2v) is 2.56. The molecule has 0 saturated heterocycles. The van der Waals surface area contributed by atoms with Crippen LogP contribution in [0.3, 0.4) is 0 Å². The van der Waals surface area contributed by atoms with Gasteiger partial charge in [0.1, 0.15) is 5.88 Å². The number of carbonyl (C=O) groups is 1. The summed E-state index contributed by atoms with van der Waals surface area (Å²) in [5.41, 5.74) is 0.753. The van der Waals surface area contributed by atoms with E-state index in [-0.39, 0.29) is 11.8 Å². The maximum Gasteiger partial charge on any atom is 0.241 e. The number of pyridine rings is 1. The molecule has 0 aliphatic heterocycles. The molecule has 64 valence electrons. The number of halogens is 1. The number of amides is 1. The first-order valence-corrected chi connectivity index (χ1v) is 4.01. The zero-order chi connectivity index (χ0) is 8.97. The van der Waals surface area contributed by atoms with Gasteiger partial charge in [0.05, 0.1) is 11.9 Å². The molecule has 0 radical (unpaired) electrons. The fraction of sp³-hybridized carbons (Fsp3) is 0.250. The molecule has 3 nitrogen and oxygen atoms in total. The Hall–Kier alpha value is -1.09. The van der Waals surface area contributed by atoms with Crippen molar-refractivity contribution in [3.8, 4) is 0 Å². The lowest BCUT2D eigenvalue weighted by atomic mass is 10.4. The van der Waals surface area contributed by atoms with E-state index >= 15 is 0 Å². The van der Waals surface area contributed by atoms with Gasteiger partial charge in [0.15, 0.2) is 0 Å². The highest BCUT2D eigenvalue weighted by Crippen LogP contribution is 2.09. The molecule has 4 heteroatoms. The van der Waals surface area contributed by atoms with E-state index < -0.39 is 0 Å². The van der Waals surface area contributed by atoms with E-state index in [0.717, 1.165) is 5.69 Å². The Labute approximate surface area is 76.0 Å². The van der Waals surface area contributed by atoms with Gasteiger partial charge in [-0.2, -0.15) is 0 Å². The minimum Gasteiger partial charge on any atom is -0.313 e. The van der Waals surface area contributed by atoms with Crippen LogP contribution in [0.15, 0.2) is 24.5 Å². The van der Waals surface area contributed by atoms with Crippen molar-refractivity contribution < 1.29 is 4.79 Å². The monoisotopic (exact) mass is 184 g/mol. The number of hydrogen-bond acceptors (Lipinski definition) is 2. The molecule has 0 spiro atoms. The molecule has 0 aliphatic rings. The molecule has 0 aromatic carbocycles. The first-order chi connectivity index (χ1) is 5.75. The van der Waals surface area contributed by atoms with Crippen molar-refractivity contribution in [2.24, 2.45) is 0 Å². The summed E-state index contributed by atoms with van der Waals surface area (Å²) in [6.45, 7) is 0. The molecule has 1 rings (SSSR count). The largest absolute Gasteiger partial charge is 0.313 e. The van der Waals surface area contributed by atoms with Gasteiger partial charge in [-0.05, 0) is 12.1 Å². The number of carbonyl (C=O) groups excluding carboxylic acids is 1. The Bertz CT molecular complexity index is 263. The Kier molecular flexibility index (Phi) is 3.05. The predicted molar refractivity (Wildman–Crippen MR) is 48.4 cm³/mol. The Morgan fingerprint density at radius 1 is 1.75 bits per heavy atom. The van der Waals surface area contributed by atoms with Gasteiger partial charge in [0.25, 0.3) is 0 Å². The summed E-state index contributed by atoms with van der Waals surface area (Å²) in [5, 5.41) is 0. The quantitative estimate of drug-likeness (QED) is 0.649. The second kappa shape index (κ2) is 4.07. The summed E-state index contributed by atoms with van der Waals surface area (Å²) in [6.07, 6.45) is 3.27. The maximum atomic E-state index is 11.1. The van der Waals surface area contributed by atoms with Gasteiger partial charge < -0.3 is 4.90 Å². The Morgan fingerprint density at radius 2 is 2.50 bits per heavy atom. The fourth-order valence-electron chi connectivity index (χ4n) is 0.786. The molecule has 1 amide bonds. The Morgan fingerprint density at radius 3 is 3.00 bits per heavy atom. The van der Waals surface area contributed by atoms with Gasteiger partial charge in [-0.3, -0.25) is 9.78 Å². The molecule has 0 atom stereocenters. The van der Waals surface area contributed by atoms with Crippen LogP contribution in [0, 0.1) is 0 Å². The van der Waals surface area contributed by atoms with Crippen LogP contribution >= 0.6 is 11.6 Å². The third-order valence-corrected chi connectivity index (χ3v) is 1.75.